The number of halogens is 2. The molecule has 1 rings (SSSR count). The number of rotatable bonds is 1. The Morgan fingerprint density at radius 1 is 1.40 bits per heavy atom. The van der Waals surface area contributed by atoms with Gasteiger partial charge in [0.25, 0.3) is 0 Å². The summed E-state index contributed by atoms with van der Waals surface area (Å²) in [6.07, 6.45) is 0. The summed E-state index contributed by atoms with van der Waals surface area (Å²) in [5.74, 6) is -1.13. The summed E-state index contributed by atoms with van der Waals surface area (Å²) in [6.45, 7) is 5.20. The number of ether oxygens (including phenoxy) is 1. The Balaban J connectivity index is 2.96. The third kappa shape index (κ3) is 3.51. The Labute approximate surface area is 93.0 Å². The van der Waals surface area contributed by atoms with Crippen molar-refractivity contribution in [1.29, 1.82) is 0 Å². The molecular formula is C11H12ClFO2. The smallest absolute Gasteiger partial charge is 0.340 e. The average Bonchev–Trinajstić information content (AvgIpc) is 2.06. The topological polar surface area (TPSA) is 26.3 Å². The van der Waals surface area contributed by atoms with Crippen LogP contribution in [0, 0.1) is 5.82 Å². The van der Waals surface area contributed by atoms with E-state index in [1.807, 2.05) is 0 Å². The molecule has 0 aliphatic heterocycles. The molecule has 2 nitrogen and oxygen atoms in total. The standard InChI is InChI=1S/C11H12ClFO2/c1-11(2,3)15-10(14)8-6-7(13)4-5-9(8)12/h4-6H,1-3H3. The second kappa shape index (κ2) is 4.19. The molecule has 0 unspecified atom stereocenters. The minimum Gasteiger partial charge on any atom is -0.456 e. The van der Waals surface area contributed by atoms with E-state index in [-0.39, 0.29) is 10.6 Å². The van der Waals surface area contributed by atoms with Crippen LogP contribution in [-0.2, 0) is 4.74 Å². The van der Waals surface area contributed by atoms with Crippen LogP contribution in [0.2, 0.25) is 5.02 Å². The van der Waals surface area contributed by atoms with E-state index in [1.165, 1.54) is 12.1 Å². The summed E-state index contributed by atoms with van der Waals surface area (Å²) in [5, 5.41) is 0.186. The van der Waals surface area contributed by atoms with Crippen LogP contribution in [0.15, 0.2) is 18.2 Å². The van der Waals surface area contributed by atoms with Crippen molar-refractivity contribution in [3.63, 3.8) is 0 Å². The summed E-state index contributed by atoms with van der Waals surface area (Å²) < 4.78 is 17.9. The van der Waals surface area contributed by atoms with Crippen molar-refractivity contribution in [3.05, 3.63) is 34.6 Å². The number of carbonyl (C=O) groups excluding carboxylic acids is 1. The fourth-order valence-corrected chi connectivity index (χ4v) is 1.18. The summed E-state index contributed by atoms with van der Waals surface area (Å²) in [6, 6.07) is 3.59. The van der Waals surface area contributed by atoms with E-state index in [9.17, 15) is 9.18 Å². The lowest BCUT2D eigenvalue weighted by molar-refractivity contribution is 0.00692. The number of hydrogen-bond donors (Lipinski definition) is 0. The number of esters is 1. The van der Waals surface area contributed by atoms with E-state index in [2.05, 4.69) is 0 Å². The quantitative estimate of drug-likeness (QED) is 0.691. The van der Waals surface area contributed by atoms with Gasteiger partial charge in [-0.3, -0.25) is 0 Å². The molecule has 15 heavy (non-hydrogen) atoms. The highest BCUT2D eigenvalue weighted by Gasteiger charge is 2.20. The van der Waals surface area contributed by atoms with Gasteiger partial charge in [0.05, 0.1) is 10.6 Å². The van der Waals surface area contributed by atoms with Crippen LogP contribution in [-0.4, -0.2) is 11.6 Å². The average molecular weight is 231 g/mol. The molecule has 0 aliphatic rings. The van der Waals surface area contributed by atoms with E-state index < -0.39 is 17.4 Å². The minimum atomic E-state index is -0.619. The van der Waals surface area contributed by atoms with E-state index >= 15 is 0 Å². The Kier molecular flexibility index (Phi) is 3.35. The van der Waals surface area contributed by atoms with Crippen molar-refractivity contribution in [2.24, 2.45) is 0 Å². The van der Waals surface area contributed by atoms with Gasteiger partial charge in [-0.15, -0.1) is 0 Å². The molecule has 0 aliphatic carbocycles. The molecule has 0 N–H and O–H groups in total. The molecule has 0 radical (unpaired) electrons. The molecule has 1 aromatic rings. The van der Waals surface area contributed by atoms with E-state index in [0.29, 0.717) is 0 Å². The fourth-order valence-electron chi connectivity index (χ4n) is 0.987. The molecule has 0 saturated heterocycles. The Bertz CT molecular complexity index is 383. The molecule has 0 bridgehead atoms. The van der Waals surface area contributed by atoms with Crippen LogP contribution < -0.4 is 0 Å². The summed E-state index contributed by atoms with van der Waals surface area (Å²) in [5.41, 5.74) is -0.571. The zero-order chi connectivity index (χ0) is 11.6. The lowest BCUT2D eigenvalue weighted by Crippen LogP contribution is -2.24. The Hall–Kier alpha value is -1.09. The van der Waals surface area contributed by atoms with Crippen LogP contribution in [0.5, 0.6) is 0 Å². The van der Waals surface area contributed by atoms with Crippen molar-refractivity contribution in [2.75, 3.05) is 0 Å². The SMILES string of the molecule is CC(C)(C)OC(=O)c1cc(F)ccc1Cl. The van der Waals surface area contributed by atoms with Crippen molar-refractivity contribution < 1.29 is 13.9 Å². The van der Waals surface area contributed by atoms with Crippen molar-refractivity contribution in [1.82, 2.24) is 0 Å². The maximum atomic E-state index is 12.9. The first-order valence-electron chi connectivity index (χ1n) is 4.48. The second-order valence-electron chi connectivity index (χ2n) is 4.13. The molecule has 0 atom stereocenters. The minimum absolute atomic E-state index is 0.0478. The summed E-state index contributed by atoms with van der Waals surface area (Å²) >= 11 is 5.75. The summed E-state index contributed by atoms with van der Waals surface area (Å²) in [7, 11) is 0. The zero-order valence-corrected chi connectivity index (χ0v) is 9.56. The molecule has 0 aromatic heterocycles. The highest BCUT2D eigenvalue weighted by molar-refractivity contribution is 6.33. The van der Waals surface area contributed by atoms with E-state index in [0.717, 1.165) is 6.07 Å². The van der Waals surface area contributed by atoms with Gasteiger partial charge < -0.3 is 4.74 Å². The third-order valence-corrected chi connectivity index (χ3v) is 1.88. The molecule has 0 saturated carbocycles. The van der Waals surface area contributed by atoms with Crippen LogP contribution in [0.1, 0.15) is 31.1 Å². The number of carbonyl (C=O) groups is 1. The molecule has 0 amide bonds. The second-order valence-corrected chi connectivity index (χ2v) is 4.53. The predicted octanol–water partition coefficient (Wildman–Crippen LogP) is 3.43. The molecule has 0 fully saturated rings. The van der Waals surface area contributed by atoms with Crippen molar-refractivity contribution in [2.45, 2.75) is 26.4 Å². The van der Waals surface area contributed by atoms with Gasteiger partial charge in [0.15, 0.2) is 0 Å². The van der Waals surface area contributed by atoms with Gasteiger partial charge >= 0.3 is 5.97 Å². The van der Waals surface area contributed by atoms with Gasteiger partial charge in [-0.1, -0.05) is 11.6 Å². The highest BCUT2D eigenvalue weighted by atomic mass is 35.5. The Morgan fingerprint density at radius 3 is 2.53 bits per heavy atom. The first-order chi connectivity index (χ1) is 6.79. The molecule has 0 heterocycles. The summed E-state index contributed by atoms with van der Waals surface area (Å²) in [4.78, 5) is 11.6. The lowest BCUT2D eigenvalue weighted by Gasteiger charge is -2.19. The molecule has 4 heteroatoms. The number of benzene rings is 1. The monoisotopic (exact) mass is 230 g/mol. The van der Waals surface area contributed by atoms with Gasteiger partial charge in [0.1, 0.15) is 11.4 Å². The first kappa shape index (κ1) is 12.0. The van der Waals surface area contributed by atoms with E-state index in [1.54, 1.807) is 20.8 Å². The predicted molar refractivity (Wildman–Crippen MR) is 56.6 cm³/mol. The first-order valence-corrected chi connectivity index (χ1v) is 4.86. The zero-order valence-electron chi connectivity index (χ0n) is 8.80. The molecule has 82 valence electrons. The molecule has 0 spiro atoms. The van der Waals surface area contributed by atoms with Gasteiger partial charge in [-0.25, -0.2) is 9.18 Å². The third-order valence-electron chi connectivity index (χ3n) is 1.55. The number of hydrogen-bond acceptors (Lipinski definition) is 2. The van der Waals surface area contributed by atoms with Gasteiger partial charge in [0, 0.05) is 0 Å². The molecular weight excluding hydrogens is 219 g/mol. The van der Waals surface area contributed by atoms with Crippen molar-refractivity contribution >= 4 is 17.6 Å². The van der Waals surface area contributed by atoms with Crippen LogP contribution in [0.25, 0.3) is 0 Å². The van der Waals surface area contributed by atoms with Gasteiger partial charge in [-0.05, 0) is 39.0 Å². The largest absolute Gasteiger partial charge is 0.456 e. The fraction of sp³-hybridized carbons (Fsp3) is 0.364. The van der Waals surface area contributed by atoms with Crippen LogP contribution in [0.3, 0.4) is 0 Å². The maximum Gasteiger partial charge on any atom is 0.340 e. The van der Waals surface area contributed by atoms with Crippen molar-refractivity contribution in [3.8, 4) is 0 Å². The highest BCUT2D eigenvalue weighted by Crippen LogP contribution is 2.20. The van der Waals surface area contributed by atoms with Crippen LogP contribution >= 0.6 is 11.6 Å². The Morgan fingerprint density at radius 2 is 2.00 bits per heavy atom. The molecule has 1 aromatic carbocycles. The van der Waals surface area contributed by atoms with E-state index in [4.69, 9.17) is 16.3 Å². The van der Waals surface area contributed by atoms with Gasteiger partial charge in [0.2, 0.25) is 0 Å². The normalized spacial score (nSPS) is 11.3. The van der Waals surface area contributed by atoms with Crippen LogP contribution in [0.4, 0.5) is 4.39 Å². The lowest BCUT2D eigenvalue weighted by atomic mass is 10.1. The maximum absolute atomic E-state index is 12.9. The van der Waals surface area contributed by atoms with Gasteiger partial charge in [-0.2, -0.15) is 0 Å².